The van der Waals surface area contributed by atoms with Gasteiger partial charge in [-0.2, -0.15) is 0 Å². The molecule has 1 amide bonds. The molecule has 6 nitrogen and oxygen atoms in total. The number of likely N-dealkylation sites (N-methyl/N-ethyl adjacent to an activating group) is 1. The highest BCUT2D eigenvalue weighted by molar-refractivity contribution is 6.07. The second kappa shape index (κ2) is 7.42. The monoisotopic (exact) mass is 310 g/mol. The standard InChI is InChI=1S/C16H30N4O2/c1-16(14(21)20(2)15(17)19-16)11-12-6-4-7-13(10-12)18-8-5-9-22-3/h12-13,18H,4-11H2,1-3H3,(H2,17,19)/t12-,13-,16+/m0/s1. The van der Waals surface area contributed by atoms with E-state index in [0.717, 1.165) is 32.4 Å². The van der Waals surface area contributed by atoms with E-state index in [-0.39, 0.29) is 11.9 Å². The zero-order valence-electron chi connectivity index (χ0n) is 14.1. The quantitative estimate of drug-likeness (QED) is 0.620. The molecule has 0 aromatic heterocycles. The number of hydrogen-bond acceptors (Lipinski definition) is 4. The third-order valence-electron chi connectivity index (χ3n) is 4.94. The number of rotatable bonds is 7. The Bertz CT molecular complexity index is 415. The summed E-state index contributed by atoms with van der Waals surface area (Å²) in [5.74, 6) is 0.777. The first-order valence-electron chi connectivity index (χ1n) is 8.33. The zero-order chi connectivity index (χ0) is 16.2. The van der Waals surface area contributed by atoms with E-state index in [1.54, 1.807) is 14.2 Å². The van der Waals surface area contributed by atoms with Crippen molar-refractivity contribution in [3.8, 4) is 0 Å². The van der Waals surface area contributed by atoms with Gasteiger partial charge >= 0.3 is 0 Å². The predicted octanol–water partition coefficient (Wildman–Crippen LogP) is 1.32. The smallest absolute Gasteiger partial charge is 0.254 e. The number of amides is 1. The van der Waals surface area contributed by atoms with E-state index in [2.05, 4.69) is 10.6 Å². The van der Waals surface area contributed by atoms with Crippen molar-refractivity contribution in [3.05, 3.63) is 0 Å². The van der Waals surface area contributed by atoms with E-state index in [0.29, 0.717) is 12.0 Å². The minimum absolute atomic E-state index is 0.0210. The van der Waals surface area contributed by atoms with Crippen molar-refractivity contribution >= 4 is 11.9 Å². The Hall–Kier alpha value is -1.14. The Morgan fingerprint density at radius 1 is 1.50 bits per heavy atom. The summed E-state index contributed by atoms with van der Waals surface area (Å²) in [4.78, 5) is 13.7. The average molecular weight is 310 g/mol. The van der Waals surface area contributed by atoms with E-state index in [1.807, 2.05) is 6.92 Å². The summed E-state index contributed by atoms with van der Waals surface area (Å²) < 4.78 is 5.08. The lowest BCUT2D eigenvalue weighted by Gasteiger charge is -2.34. The molecule has 3 N–H and O–H groups in total. The van der Waals surface area contributed by atoms with Gasteiger partial charge in [0.05, 0.1) is 0 Å². The van der Waals surface area contributed by atoms with Gasteiger partial charge in [-0.15, -0.1) is 0 Å². The number of ether oxygens (including phenoxy) is 1. The summed E-state index contributed by atoms with van der Waals surface area (Å²) in [6.45, 7) is 3.73. The first-order chi connectivity index (χ1) is 10.5. The molecule has 0 aromatic carbocycles. The molecule has 22 heavy (non-hydrogen) atoms. The molecule has 1 saturated carbocycles. The van der Waals surface area contributed by atoms with Crippen molar-refractivity contribution in [2.75, 3.05) is 27.3 Å². The predicted molar refractivity (Wildman–Crippen MR) is 86.9 cm³/mol. The average Bonchev–Trinajstić information content (AvgIpc) is 2.67. The zero-order valence-corrected chi connectivity index (χ0v) is 14.1. The van der Waals surface area contributed by atoms with Crippen LogP contribution in [0.3, 0.4) is 0 Å². The van der Waals surface area contributed by atoms with Gasteiger partial charge in [0.25, 0.3) is 5.91 Å². The lowest BCUT2D eigenvalue weighted by molar-refractivity contribution is -0.130. The largest absolute Gasteiger partial charge is 0.385 e. The van der Waals surface area contributed by atoms with Crippen LogP contribution in [-0.2, 0) is 9.53 Å². The number of nitrogens with one attached hydrogen (secondary N) is 3. The van der Waals surface area contributed by atoms with E-state index < -0.39 is 5.54 Å². The minimum atomic E-state index is -0.603. The van der Waals surface area contributed by atoms with E-state index >= 15 is 0 Å². The lowest BCUT2D eigenvalue weighted by Crippen LogP contribution is -2.47. The molecule has 0 spiro atoms. The molecule has 1 heterocycles. The Labute approximate surface area is 133 Å². The van der Waals surface area contributed by atoms with Crippen LogP contribution < -0.4 is 10.6 Å². The summed E-state index contributed by atoms with van der Waals surface area (Å²) in [6, 6.07) is 0.549. The number of nitrogens with zero attached hydrogens (tertiary/aromatic N) is 1. The van der Waals surface area contributed by atoms with Gasteiger partial charge in [-0.05, 0) is 45.1 Å². The van der Waals surface area contributed by atoms with Crippen molar-refractivity contribution in [3.63, 3.8) is 0 Å². The van der Waals surface area contributed by atoms with Crippen LogP contribution in [-0.4, -0.2) is 55.7 Å². The molecule has 2 aliphatic rings. The SMILES string of the molecule is COCCCN[C@H]1CCC[C@H](C[C@@]2(C)NC(=N)N(C)C2=O)C1. The number of guanidine groups is 1. The Morgan fingerprint density at radius 3 is 2.91 bits per heavy atom. The van der Waals surface area contributed by atoms with Crippen LogP contribution in [0.2, 0.25) is 0 Å². The highest BCUT2D eigenvalue weighted by Gasteiger charge is 2.45. The van der Waals surface area contributed by atoms with E-state index in [4.69, 9.17) is 10.1 Å². The van der Waals surface area contributed by atoms with Gasteiger partial charge in [0, 0.05) is 26.8 Å². The molecule has 0 unspecified atom stereocenters. The third kappa shape index (κ3) is 3.98. The van der Waals surface area contributed by atoms with Gasteiger partial charge < -0.3 is 15.4 Å². The Kier molecular flexibility index (Phi) is 5.81. The molecule has 1 saturated heterocycles. The van der Waals surface area contributed by atoms with E-state index in [1.165, 1.54) is 24.2 Å². The fourth-order valence-electron chi connectivity index (χ4n) is 3.77. The molecule has 6 heteroatoms. The third-order valence-corrected chi connectivity index (χ3v) is 4.94. The van der Waals surface area contributed by atoms with Crippen molar-refractivity contribution in [1.29, 1.82) is 5.41 Å². The van der Waals surface area contributed by atoms with Gasteiger partial charge in [0.15, 0.2) is 5.96 Å². The molecule has 1 aliphatic carbocycles. The summed E-state index contributed by atoms with van der Waals surface area (Å²) in [7, 11) is 3.40. The molecule has 2 rings (SSSR count). The highest BCUT2D eigenvalue weighted by Crippen LogP contribution is 2.33. The summed E-state index contributed by atoms with van der Waals surface area (Å²) in [5, 5.41) is 14.5. The highest BCUT2D eigenvalue weighted by atomic mass is 16.5. The second-order valence-electron chi connectivity index (χ2n) is 6.90. The maximum absolute atomic E-state index is 12.3. The molecule has 0 radical (unpaired) electrons. The number of methoxy groups -OCH3 is 1. The second-order valence-corrected chi connectivity index (χ2v) is 6.90. The number of carbonyl (C=O) groups is 1. The van der Waals surface area contributed by atoms with Gasteiger partial charge in [0.1, 0.15) is 5.54 Å². The molecule has 3 atom stereocenters. The van der Waals surface area contributed by atoms with Crippen LogP contribution in [0.4, 0.5) is 0 Å². The van der Waals surface area contributed by atoms with Crippen LogP contribution in [0.15, 0.2) is 0 Å². The van der Waals surface area contributed by atoms with E-state index in [9.17, 15) is 4.79 Å². The topological polar surface area (TPSA) is 77.5 Å². The van der Waals surface area contributed by atoms with Crippen molar-refractivity contribution in [2.24, 2.45) is 5.92 Å². The fourth-order valence-corrected chi connectivity index (χ4v) is 3.77. The van der Waals surface area contributed by atoms with Crippen LogP contribution >= 0.6 is 0 Å². The first kappa shape index (κ1) is 17.2. The maximum Gasteiger partial charge on any atom is 0.254 e. The summed E-state index contributed by atoms with van der Waals surface area (Å²) in [5.41, 5.74) is -0.603. The lowest BCUT2D eigenvalue weighted by atomic mass is 9.78. The van der Waals surface area contributed by atoms with Crippen molar-refractivity contribution < 1.29 is 9.53 Å². The number of hydrogen-bond donors (Lipinski definition) is 3. The fraction of sp³-hybridized carbons (Fsp3) is 0.875. The summed E-state index contributed by atoms with van der Waals surface area (Å²) in [6.07, 6.45) is 6.58. The Balaban J connectivity index is 1.82. The van der Waals surface area contributed by atoms with Crippen molar-refractivity contribution in [2.45, 2.75) is 57.0 Å². The van der Waals surface area contributed by atoms with Gasteiger partial charge in [-0.1, -0.05) is 12.8 Å². The van der Waals surface area contributed by atoms with Crippen LogP contribution in [0.5, 0.6) is 0 Å². The molecule has 0 aromatic rings. The minimum Gasteiger partial charge on any atom is -0.385 e. The normalized spacial score (nSPS) is 32.4. The maximum atomic E-state index is 12.3. The molecule has 2 fully saturated rings. The van der Waals surface area contributed by atoms with Crippen LogP contribution in [0.25, 0.3) is 0 Å². The molecular formula is C16H30N4O2. The van der Waals surface area contributed by atoms with Crippen LogP contribution in [0, 0.1) is 11.3 Å². The molecule has 1 aliphatic heterocycles. The van der Waals surface area contributed by atoms with Gasteiger partial charge in [-0.3, -0.25) is 15.1 Å². The van der Waals surface area contributed by atoms with Gasteiger partial charge in [-0.25, -0.2) is 0 Å². The van der Waals surface area contributed by atoms with Crippen molar-refractivity contribution in [1.82, 2.24) is 15.5 Å². The molecule has 0 bridgehead atoms. The first-order valence-corrected chi connectivity index (χ1v) is 8.33. The van der Waals surface area contributed by atoms with Crippen LogP contribution in [0.1, 0.15) is 45.4 Å². The van der Waals surface area contributed by atoms with Gasteiger partial charge in [0.2, 0.25) is 0 Å². The Morgan fingerprint density at radius 2 is 2.27 bits per heavy atom. The number of carbonyl (C=O) groups excluding carboxylic acids is 1. The molecular weight excluding hydrogens is 280 g/mol. The molecule has 126 valence electrons. The summed E-state index contributed by atoms with van der Waals surface area (Å²) >= 11 is 0.